The minimum atomic E-state index is -1.11. The van der Waals surface area contributed by atoms with E-state index < -0.39 is 18.3 Å². The maximum absolute atomic E-state index is 12.4. The Morgan fingerprint density at radius 3 is 2.20 bits per heavy atom. The summed E-state index contributed by atoms with van der Waals surface area (Å²) in [6.07, 6.45) is -2.54. The number of aliphatic hydroxyl groups excluding tert-OH is 2. The number of carbonyl (C=O) groups is 1. The molecule has 6 heteroatoms. The Hall–Kier alpha value is -3.87. The van der Waals surface area contributed by atoms with Crippen LogP contribution < -0.4 is 11.1 Å². The second kappa shape index (κ2) is 9.78. The lowest BCUT2D eigenvalue weighted by Gasteiger charge is -2.20. The van der Waals surface area contributed by atoms with Crippen molar-refractivity contribution in [3.05, 3.63) is 102 Å². The molecule has 0 bridgehead atoms. The van der Waals surface area contributed by atoms with Gasteiger partial charge < -0.3 is 26.0 Å². The number of benzene rings is 4. The number of hydrogen-bond donors (Lipinski definition) is 4. The predicted octanol–water partition coefficient (Wildman–Crippen LogP) is 4.75. The number of ether oxygens (including phenoxy) is 1. The number of nitrogen functional groups attached to an aromatic ring is 1. The lowest BCUT2D eigenvalue weighted by Crippen LogP contribution is -2.30. The maximum Gasteiger partial charge on any atom is 0.407 e. The van der Waals surface area contributed by atoms with Crippen LogP contribution in [0.3, 0.4) is 0 Å². The van der Waals surface area contributed by atoms with Gasteiger partial charge in [-0.25, -0.2) is 4.79 Å². The SMILES string of the molecule is Nc1cccc2c(C(O)C(O)CCNC(=O)OCC3c4ccccc4-c4ccccc43)cccc12. The Bertz CT molecular complexity index is 1320. The molecule has 1 amide bonds. The summed E-state index contributed by atoms with van der Waals surface area (Å²) in [5.74, 6) is -0.0145. The molecule has 0 saturated carbocycles. The number of nitrogens with two attached hydrogens (primary N) is 1. The first-order valence-corrected chi connectivity index (χ1v) is 11.8. The van der Waals surface area contributed by atoms with Crippen LogP contribution in [-0.2, 0) is 4.74 Å². The Labute approximate surface area is 204 Å². The number of aliphatic hydroxyl groups is 2. The van der Waals surface area contributed by atoms with E-state index in [1.807, 2.05) is 42.5 Å². The number of rotatable bonds is 7. The molecule has 0 heterocycles. The van der Waals surface area contributed by atoms with Gasteiger partial charge in [0.2, 0.25) is 0 Å². The Morgan fingerprint density at radius 1 is 0.857 bits per heavy atom. The molecule has 4 aromatic rings. The summed E-state index contributed by atoms with van der Waals surface area (Å²) in [5.41, 5.74) is 11.9. The molecule has 2 atom stereocenters. The first-order chi connectivity index (χ1) is 17.0. The average molecular weight is 469 g/mol. The summed E-state index contributed by atoms with van der Waals surface area (Å²) >= 11 is 0. The number of carbonyl (C=O) groups excluding carboxylic acids is 1. The van der Waals surface area contributed by atoms with Gasteiger partial charge in [-0.2, -0.15) is 0 Å². The highest BCUT2D eigenvalue weighted by atomic mass is 16.5. The molecule has 0 spiro atoms. The van der Waals surface area contributed by atoms with E-state index in [-0.39, 0.29) is 25.5 Å². The summed E-state index contributed by atoms with van der Waals surface area (Å²) in [4.78, 5) is 12.4. The largest absolute Gasteiger partial charge is 0.449 e. The van der Waals surface area contributed by atoms with Crippen molar-refractivity contribution in [1.29, 1.82) is 0 Å². The monoisotopic (exact) mass is 468 g/mol. The zero-order chi connectivity index (χ0) is 24.4. The molecule has 2 unspecified atom stereocenters. The van der Waals surface area contributed by atoms with E-state index in [0.29, 0.717) is 11.3 Å². The van der Waals surface area contributed by atoms with Crippen molar-refractivity contribution in [1.82, 2.24) is 5.32 Å². The van der Waals surface area contributed by atoms with E-state index in [1.165, 1.54) is 11.1 Å². The molecule has 0 aliphatic heterocycles. The van der Waals surface area contributed by atoms with Crippen LogP contribution in [0.4, 0.5) is 10.5 Å². The zero-order valence-corrected chi connectivity index (χ0v) is 19.2. The minimum Gasteiger partial charge on any atom is -0.449 e. The van der Waals surface area contributed by atoms with Gasteiger partial charge in [-0.15, -0.1) is 0 Å². The summed E-state index contributed by atoms with van der Waals surface area (Å²) in [5, 5.41) is 25.6. The molecule has 6 nitrogen and oxygen atoms in total. The van der Waals surface area contributed by atoms with Gasteiger partial charge in [-0.05, 0) is 45.7 Å². The Morgan fingerprint density at radius 2 is 1.49 bits per heavy atom. The van der Waals surface area contributed by atoms with Crippen molar-refractivity contribution in [2.45, 2.75) is 24.5 Å². The zero-order valence-electron chi connectivity index (χ0n) is 19.2. The summed E-state index contributed by atoms with van der Waals surface area (Å²) in [7, 11) is 0. The van der Waals surface area contributed by atoms with Crippen LogP contribution in [-0.4, -0.2) is 35.6 Å². The lowest BCUT2D eigenvalue weighted by molar-refractivity contribution is 0.0145. The number of anilines is 1. The van der Waals surface area contributed by atoms with Crippen molar-refractivity contribution >= 4 is 22.6 Å². The number of hydrogen-bond acceptors (Lipinski definition) is 5. The fourth-order valence-corrected chi connectivity index (χ4v) is 4.95. The van der Waals surface area contributed by atoms with Crippen LogP contribution >= 0.6 is 0 Å². The molecule has 0 fully saturated rings. The van der Waals surface area contributed by atoms with Crippen LogP contribution in [0.2, 0.25) is 0 Å². The van der Waals surface area contributed by atoms with Gasteiger partial charge >= 0.3 is 6.09 Å². The molecule has 5 N–H and O–H groups in total. The van der Waals surface area contributed by atoms with Crippen LogP contribution in [0.15, 0.2) is 84.9 Å². The van der Waals surface area contributed by atoms with E-state index >= 15 is 0 Å². The second-order valence-corrected chi connectivity index (χ2v) is 8.84. The molecule has 0 saturated heterocycles. The summed E-state index contributed by atoms with van der Waals surface area (Å²) in [6.45, 7) is 0.393. The van der Waals surface area contributed by atoms with Gasteiger partial charge in [0.25, 0.3) is 0 Å². The first kappa shape index (κ1) is 22.9. The number of fused-ring (bicyclic) bond motifs is 4. The third kappa shape index (κ3) is 4.46. The van der Waals surface area contributed by atoms with Crippen molar-refractivity contribution < 1.29 is 19.7 Å². The molecule has 178 valence electrons. The molecule has 1 aliphatic carbocycles. The van der Waals surface area contributed by atoms with Crippen molar-refractivity contribution in [2.75, 3.05) is 18.9 Å². The molecular weight excluding hydrogens is 440 g/mol. The van der Waals surface area contributed by atoms with Crippen molar-refractivity contribution in [3.8, 4) is 11.1 Å². The van der Waals surface area contributed by atoms with Crippen LogP contribution in [0.1, 0.15) is 35.1 Å². The van der Waals surface area contributed by atoms with E-state index in [9.17, 15) is 15.0 Å². The average Bonchev–Trinajstić information content (AvgIpc) is 3.20. The summed E-state index contributed by atoms with van der Waals surface area (Å²) in [6, 6.07) is 27.3. The van der Waals surface area contributed by atoms with Gasteiger partial charge in [-0.1, -0.05) is 78.9 Å². The molecule has 35 heavy (non-hydrogen) atoms. The highest BCUT2D eigenvalue weighted by Crippen LogP contribution is 2.44. The molecule has 5 rings (SSSR count). The first-order valence-electron chi connectivity index (χ1n) is 11.8. The van der Waals surface area contributed by atoms with Crippen molar-refractivity contribution in [2.24, 2.45) is 0 Å². The van der Waals surface area contributed by atoms with Crippen LogP contribution in [0, 0.1) is 0 Å². The third-order valence-corrected chi connectivity index (χ3v) is 6.73. The third-order valence-electron chi connectivity index (χ3n) is 6.73. The maximum atomic E-state index is 12.4. The van der Waals surface area contributed by atoms with Crippen LogP contribution in [0.5, 0.6) is 0 Å². The quantitative estimate of drug-likeness (QED) is 0.293. The molecular formula is C29H28N2O4. The molecule has 0 aromatic heterocycles. The van der Waals surface area contributed by atoms with E-state index in [0.717, 1.165) is 21.9 Å². The fourth-order valence-electron chi connectivity index (χ4n) is 4.95. The highest BCUT2D eigenvalue weighted by molar-refractivity contribution is 5.95. The Kier molecular flexibility index (Phi) is 6.40. The van der Waals surface area contributed by atoms with Crippen molar-refractivity contribution in [3.63, 3.8) is 0 Å². The number of nitrogens with one attached hydrogen (secondary N) is 1. The van der Waals surface area contributed by atoms with Crippen LogP contribution in [0.25, 0.3) is 21.9 Å². The molecule has 0 radical (unpaired) electrons. The highest BCUT2D eigenvalue weighted by Gasteiger charge is 2.29. The topological polar surface area (TPSA) is 105 Å². The van der Waals surface area contributed by atoms with Gasteiger partial charge in [0, 0.05) is 23.5 Å². The smallest absolute Gasteiger partial charge is 0.407 e. The summed E-state index contributed by atoms with van der Waals surface area (Å²) < 4.78 is 5.53. The normalized spacial score (nSPS) is 14.2. The minimum absolute atomic E-state index is 0.0145. The number of alkyl carbamates (subject to hydrolysis) is 1. The van der Waals surface area contributed by atoms with E-state index in [4.69, 9.17) is 10.5 Å². The second-order valence-electron chi connectivity index (χ2n) is 8.84. The predicted molar refractivity (Wildman–Crippen MR) is 137 cm³/mol. The fraction of sp³-hybridized carbons (Fsp3) is 0.207. The van der Waals surface area contributed by atoms with Gasteiger partial charge in [0.1, 0.15) is 12.7 Å². The Balaban J connectivity index is 1.16. The van der Waals surface area contributed by atoms with Gasteiger partial charge in [0.15, 0.2) is 0 Å². The molecule has 4 aromatic carbocycles. The van der Waals surface area contributed by atoms with E-state index in [2.05, 4.69) is 29.6 Å². The molecule has 1 aliphatic rings. The standard InChI is InChI=1S/C29H28N2O4/c30-26-14-6-11-22-23(26)12-5-13-24(22)28(33)27(32)15-16-31-29(34)35-17-25-20-9-3-1-7-18(20)19-8-2-4-10-21(19)25/h1-14,25,27-28,32-33H,15-17,30H2,(H,31,34). The number of amides is 1. The lowest BCUT2D eigenvalue weighted by atomic mass is 9.95. The van der Waals surface area contributed by atoms with Gasteiger partial charge in [0.05, 0.1) is 6.10 Å². The van der Waals surface area contributed by atoms with Gasteiger partial charge in [-0.3, -0.25) is 0 Å². The van der Waals surface area contributed by atoms with E-state index in [1.54, 1.807) is 18.2 Å².